The molecule has 1 fully saturated rings. The van der Waals surface area contributed by atoms with Gasteiger partial charge in [-0.15, -0.1) is 0 Å². The Morgan fingerprint density at radius 1 is 1.47 bits per heavy atom. The molecule has 17 heavy (non-hydrogen) atoms. The zero-order valence-corrected chi connectivity index (χ0v) is 10.4. The fourth-order valence-electron chi connectivity index (χ4n) is 2.03. The van der Waals surface area contributed by atoms with Crippen molar-refractivity contribution < 1.29 is 9.47 Å². The minimum Gasteiger partial charge on any atom is -0.465 e. The number of benzene rings is 1. The molecule has 2 rings (SSSR count). The summed E-state index contributed by atoms with van der Waals surface area (Å²) in [6.45, 7) is 6.79. The molecule has 2 nitrogen and oxygen atoms in total. The average Bonchev–Trinajstić information content (AvgIpc) is 2.30. The summed E-state index contributed by atoms with van der Waals surface area (Å²) in [5.74, 6) is 0.899. The molecule has 0 unspecified atom stereocenters. The highest BCUT2D eigenvalue weighted by Crippen LogP contribution is 2.21. The SMILES string of the molecule is C=C(C)Cc1cccc(O[C@@H]2CCCCO2)c1. The van der Waals surface area contributed by atoms with Crippen LogP contribution in [0.2, 0.25) is 0 Å². The second-order valence-electron chi connectivity index (χ2n) is 4.70. The van der Waals surface area contributed by atoms with Gasteiger partial charge in [0.05, 0.1) is 6.61 Å². The van der Waals surface area contributed by atoms with E-state index in [2.05, 4.69) is 18.7 Å². The first-order valence-electron chi connectivity index (χ1n) is 6.25. The Bertz CT molecular complexity index is 378. The van der Waals surface area contributed by atoms with Crippen molar-refractivity contribution in [2.75, 3.05) is 6.61 Å². The summed E-state index contributed by atoms with van der Waals surface area (Å²) < 4.78 is 11.4. The molecule has 1 aliphatic heterocycles. The second-order valence-corrected chi connectivity index (χ2v) is 4.70. The van der Waals surface area contributed by atoms with Crippen molar-refractivity contribution in [2.24, 2.45) is 0 Å². The molecule has 1 aliphatic rings. The van der Waals surface area contributed by atoms with Crippen molar-refractivity contribution in [3.05, 3.63) is 42.0 Å². The number of allylic oxidation sites excluding steroid dienone is 1. The zero-order chi connectivity index (χ0) is 12.1. The van der Waals surface area contributed by atoms with E-state index in [0.717, 1.165) is 37.2 Å². The Morgan fingerprint density at radius 2 is 2.35 bits per heavy atom. The van der Waals surface area contributed by atoms with Crippen LogP contribution in [0.1, 0.15) is 31.7 Å². The van der Waals surface area contributed by atoms with Crippen LogP contribution in [-0.4, -0.2) is 12.9 Å². The third-order valence-corrected chi connectivity index (χ3v) is 2.81. The van der Waals surface area contributed by atoms with E-state index in [-0.39, 0.29) is 6.29 Å². The Morgan fingerprint density at radius 3 is 3.06 bits per heavy atom. The van der Waals surface area contributed by atoms with E-state index in [1.807, 2.05) is 19.1 Å². The summed E-state index contributed by atoms with van der Waals surface area (Å²) in [6, 6.07) is 8.19. The normalized spacial score (nSPS) is 19.9. The first-order valence-corrected chi connectivity index (χ1v) is 6.25. The molecular weight excluding hydrogens is 212 g/mol. The van der Waals surface area contributed by atoms with Gasteiger partial charge in [0.25, 0.3) is 0 Å². The molecule has 0 N–H and O–H groups in total. The molecule has 0 radical (unpaired) electrons. The molecule has 1 saturated heterocycles. The smallest absolute Gasteiger partial charge is 0.199 e. The molecule has 0 bridgehead atoms. The van der Waals surface area contributed by atoms with Crippen molar-refractivity contribution in [1.82, 2.24) is 0 Å². The van der Waals surface area contributed by atoms with E-state index in [1.165, 1.54) is 12.0 Å². The summed E-state index contributed by atoms with van der Waals surface area (Å²) in [7, 11) is 0. The molecule has 0 amide bonds. The van der Waals surface area contributed by atoms with Crippen LogP contribution in [0.3, 0.4) is 0 Å². The second kappa shape index (κ2) is 5.87. The highest BCUT2D eigenvalue weighted by Gasteiger charge is 2.15. The Hall–Kier alpha value is -1.28. The van der Waals surface area contributed by atoms with Crippen molar-refractivity contribution in [2.45, 2.75) is 38.9 Å². The van der Waals surface area contributed by atoms with E-state index in [1.54, 1.807) is 0 Å². The van der Waals surface area contributed by atoms with E-state index >= 15 is 0 Å². The first-order chi connectivity index (χ1) is 8.24. The van der Waals surface area contributed by atoms with Gasteiger partial charge < -0.3 is 9.47 Å². The maximum absolute atomic E-state index is 5.83. The third kappa shape index (κ3) is 3.90. The van der Waals surface area contributed by atoms with E-state index < -0.39 is 0 Å². The molecule has 1 aromatic carbocycles. The van der Waals surface area contributed by atoms with Crippen LogP contribution in [-0.2, 0) is 11.2 Å². The van der Waals surface area contributed by atoms with Crippen molar-refractivity contribution in [1.29, 1.82) is 0 Å². The van der Waals surface area contributed by atoms with Crippen molar-refractivity contribution >= 4 is 0 Å². The monoisotopic (exact) mass is 232 g/mol. The van der Waals surface area contributed by atoms with Gasteiger partial charge in [0.1, 0.15) is 5.75 Å². The van der Waals surface area contributed by atoms with Crippen LogP contribution in [0.15, 0.2) is 36.4 Å². The van der Waals surface area contributed by atoms with Crippen LogP contribution in [0.25, 0.3) is 0 Å². The van der Waals surface area contributed by atoms with Gasteiger partial charge in [-0.05, 0) is 43.9 Å². The van der Waals surface area contributed by atoms with Gasteiger partial charge in [0.2, 0.25) is 0 Å². The lowest BCUT2D eigenvalue weighted by molar-refractivity contribution is -0.105. The van der Waals surface area contributed by atoms with Crippen LogP contribution in [0.5, 0.6) is 5.75 Å². The fraction of sp³-hybridized carbons (Fsp3) is 0.467. The van der Waals surface area contributed by atoms with Gasteiger partial charge in [0.15, 0.2) is 6.29 Å². The van der Waals surface area contributed by atoms with Crippen LogP contribution >= 0.6 is 0 Å². The maximum atomic E-state index is 5.83. The predicted octanol–water partition coefficient (Wildman–Crippen LogP) is 3.71. The van der Waals surface area contributed by atoms with Gasteiger partial charge in [0, 0.05) is 6.42 Å². The summed E-state index contributed by atoms with van der Waals surface area (Å²) in [5, 5.41) is 0. The molecule has 2 heteroatoms. The van der Waals surface area contributed by atoms with Crippen LogP contribution in [0.4, 0.5) is 0 Å². The number of ether oxygens (including phenoxy) is 2. The Kier molecular flexibility index (Phi) is 4.21. The Labute approximate surface area is 103 Å². The summed E-state index contributed by atoms with van der Waals surface area (Å²) in [5.41, 5.74) is 2.40. The molecule has 92 valence electrons. The number of hydrogen-bond donors (Lipinski definition) is 0. The summed E-state index contributed by atoms with van der Waals surface area (Å²) >= 11 is 0. The molecule has 0 saturated carbocycles. The Balaban J connectivity index is 1.97. The van der Waals surface area contributed by atoms with E-state index in [4.69, 9.17) is 9.47 Å². The lowest BCUT2D eigenvalue weighted by Gasteiger charge is -2.23. The lowest BCUT2D eigenvalue weighted by Crippen LogP contribution is -2.24. The van der Waals surface area contributed by atoms with E-state index in [0.29, 0.717) is 0 Å². The van der Waals surface area contributed by atoms with E-state index in [9.17, 15) is 0 Å². The minimum absolute atomic E-state index is 0.0659. The van der Waals surface area contributed by atoms with Crippen molar-refractivity contribution in [3.8, 4) is 5.75 Å². The van der Waals surface area contributed by atoms with Crippen LogP contribution < -0.4 is 4.74 Å². The fourth-order valence-corrected chi connectivity index (χ4v) is 2.03. The largest absolute Gasteiger partial charge is 0.465 e. The van der Waals surface area contributed by atoms with Gasteiger partial charge in [-0.3, -0.25) is 0 Å². The maximum Gasteiger partial charge on any atom is 0.199 e. The summed E-state index contributed by atoms with van der Waals surface area (Å²) in [4.78, 5) is 0. The van der Waals surface area contributed by atoms with Gasteiger partial charge in [-0.25, -0.2) is 0 Å². The first kappa shape index (κ1) is 12.2. The standard InChI is InChI=1S/C15H20O2/c1-12(2)10-13-6-5-7-14(11-13)17-15-8-3-4-9-16-15/h5-7,11,15H,1,3-4,8-10H2,2H3/t15-/m1/s1. The molecule has 0 aliphatic carbocycles. The molecule has 1 aromatic rings. The molecule has 0 aromatic heterocycles. The molecule has 1 heterocycles. The minimum atomic E-state index is -0.0659. The quantitative estimate of drug-likeness (QED) is 0.737. The predicted molar refractivity (Wildman–Crippen MR) is 69.2 cm³/mol. The summed E-state index contributed by atoms with van der Waals surface area (Å²) in [6.07, 6.45) is 4.17. The average molecular weight is 232 g/mol. The zero-order valence-electron chi connectivity index (χ0n) is 10.4. The van der Waals surface area contributed by atoms with Gasteiger partial charge in [-0.1, -0.05) is 24.3 Å². The third-order valence-electron chi connectivity index (χ3n) is 2.81. The molecular formula is C15H20O2. The topological polar surface area (TPSA) is 18.5 Å². The lowest BCUT2D eigenvalue weighted by atomic mass is 10.1. The highest BCUT2D eigenvalue weighted by atomic mass is 16.7. The van der Waals surface area contributed by atoms with Crippen molar-refractivity contribution in [3.63, 3.8) is 0 Å². The highest BCUT2D eigenvalue weighted by molar-refractivity contribution is 5.30. The number of hydrogen-bond acceptors (Lipinski definition) is 2. The van der Waals surface area contributed by atoms with Gasteiger partial charge >= 0.3 is 0 Å². The molecule has 1 atom stereocenters. The molecule has 0 spiro atoms. The van der Waals surface area contributed by atoms with Crippen LogP contribution in [0, 0.1) is 0 Å². The van der Waals surface area contributed by atoms with Gasteiger partial charge in [-0.2, -0.15) is 0 Å². The number of rotatable bonds is 4.